The van der Waals surface area contributed by atoms with Crippen molar-refractivity contribution in [3.63, 3.8) is 0 Å². The Bertz CT molecular complexity index is 1320. The molecule has 58 heavy (non-hydrogen) atoms. The number of carboxylic acid groups (broad SMARTS) is 2. The summed E-state index contributed by atoms with van der Waals surface area (Å²) in [5, 5.41) is 14.3. The van der Waals surface area contributed by atoms with Crippen LogP contribution in [0.3, 0.4) is 0 Å². The van der Waals surface area contributed by atoms with Crippen molar-refractivity contribution < 1.29 is 19.8 Å². The highest BCUT2D eigenvalue weighted by atomic mass is 16.4. The normalized spacial score (nSPS) is 14.4. The molecule has 1 aromatic carbocycles. The SMILES string of the molecule is CC.CC(=O)O.CCC.CCC1CCCCC1.CCCCCC(CCC)CN1CCC(CCCn2c(CC)nc3c(C)cc(C)nc32)CC1.O=CO.c1ccccc1. The highest BCUT2D eigenvalue weighted by molar-refractivity contribution is 5.75. The molecule has 2 N–H and O–H groups in total. The van der Waals surface area contributed by atoms with Gasteiger partial charge in [-0.25, -0.2) is 9.97 Å². The summed E-state index contributed by atoms with van der Waals surface area (Å²) < 4.78 is 2.40. The van der Waals surface area contributed by atoms with Gasteiger partial charge in [0.2, 0.25) is 0 Å². The Morgan fingerprint density at radius 3 is 1.79 bits per heavy atom. The maximum absolute atomic E-state index is 9.00. The van der Waals surface area contributed by atoms with Gasteiger partial charge in [0.15, 0.2) is 5.65 Å². The standard InChI is InChI=1S/C28H48N4.C8H16.C6H6.C3H8.C2H4O2.C2H6.CH2O2/c1-6-9-10-13-25(12-7-2)21-31-18-15-24(16-19-31)14-11-17-32-26(8-3)30-27-22(4)20-23(5)29-28(27)32;1-2-8-6-4-3-5-7-8;1-2-4-6-5-3-1;1-3-2;1-2(3)4;1-2;2-1-3/h20,24-25H,6-19,21H2,1-5H3;8H,2-7H2,1H3;1-6H;3H2,1-2H3;1H3,(H,3,4);1-2H3;1H,(H,2,3). The average Bonchev–Trinajstić information content (AvgIpc) is 3.59. The van der Waals surface area contributed by atoms with Gasteiger partial charge in [0.05, 0.1) is 0 Å². The molecule has 3 aromatic rings. The van der Waals surface area contributed by atoms with Crippen LogP contribution in [0.25, 0.3) is 11.2 Å². The van der Waals surface area contributed by atoms with Gasteiger partial charge in [-0.05, 0) is 94.8 Å². The first-order valence-electron chi connectivity index (χ1n) is 23.4. The van der Waals surface area contributed by atoms with Crippen LogP contribution in [0.2, 0.25) is 0 Å². The van der Waals surface area contributed by atoms with Crippen molar-refractivity contribution in [2.24, 2.45) is 17.8 Å². The van der Waals surface area contributed by atoms with E-state index in [-0.39, 0.29) is 6.47 Å². The smallest absolute Gasteiger partial charge is 0.300 e. The van der Waals surface area contributed by atoms with Crippen LogP contribution in [0.1, 0.15) is 189 Å². The minimum Gasteiger partial charge on any atom is -0.483 e. The average molecular weight is 811 g/mol. The van der Waals surface area contributed by atoms with Crippen LogP contribution >= 0.6 is 0 Å². The number of piperidine rings is 1. The van der Waals surface area contributed by atoms with Crippen LogP contribution in [0.15, 0.2) is 42.5 Å². The van der Waals surface area contributed by atoms with Crippen LogP contribution < -0.4 is 0 Å². The summed E-state index contributed by atoms with van der Waals surface area (Å²) in [6.45, 7) is 27.6. The molecule has 0 amide bonds. The molecule has 2 aliphatic rings. The number of benzene rings is 1. The van der Waals surface area contributed by atoms with Crippen molar-refractivity contribution in [2.75, 3.05) is 19.6 Å². The first-order valence-corrected chi connectivity index (χ1v) is 23.4. The van der Waals surface area contributed by atoms with Gasteiger partial charge in [-0.1, -0.05) is 162 Å². The fourth-order valence-electron chi connectivity index (χ4n) is 7.71. The number of aromatic nitrogens is 3. The topological polar surface area (TPSA) is 109 Å². The number of imidazole rings is 1. The summed E-state index contributed by atoms with van der Waals surface area (Å²) >= 11 is 0. The molecule has 0 radical (unpaired) electrons. The number of aryl methyl sites for hydroxylation is 4. The number of likely N-dealkylation sites (tertiary alicyclic amines) is 1. The molecule has 1 aliphatic carbocycles. The summed E-state index contributed by atoms with van der Waals surface area (Å²) in [5.74, 6) is 3.27. The number of hydrogen-bond donors (Lipinski definition) is 2. The first-order chi connectivity index (χ1) is 28.0. The Hall–Kier alpha value is -3.26. The molecule has 1 atom stereocenters. The van der Waals surface area contributed by atoms with Crippen LogP contribution in [-0.2, 0) is 22.6 Å². The molecule has 1 saturated heterocycles. The van der Waals surface area contributed by atoms with Gasteiger partial charge < -0.3 is 19.7 Å². The molecule has 8 heteroatoms. The number of carboxylic acids is 1. The highest BCUT2D eigenvalue weighted by Crippen LogP contribution is 2.27. The van der Waals surface area contributed by atoms with E-state index in [2.05, 4.69) is 70.9 Å². The van der Waals surface area contributed by atoms with Crippen molar-refractivity contribution in [1.29, 1.82) is 0 Å². The van der Waals surface area contributed by atoms with E-state index in [0.29, 0.717) is 0 Å². The molecule has 334 valence electrons. The first kappa shape index (κ1) is 56.8. The van der Waals surface area contributed by atoms with E-state index in [9.17, 15) is 0 Å². The van der Waals surface area contributed by atoms with Gasteiger partial charge in [-0.3, -0.25) is 9.59 Å². The molecular weight excluding hydrogens is 721 g/mol. The predicted molar refractivity (Wildman–Crippen MR) is 250 cm³/mol. The minimum absolute atomic E-state index is 0.250. The fraction of sp³-hybridized carbons (Fsp3) is 0.720. The number of nitrogens with zero attached hydrogens (tertiary/aromatic N) is 4. The van der Waals surface area contributed by atoms with E-state index in [1.807, 2.05) is 50.2 Å². The van der Waals surface area contributed by atoms with Gasteiger partial charge in [-0.15, -0.1) is 0 Å². The zero-order valence-corrected chi connectivity index (χ0v) is 39.4. The number of fused-ring (bicyclic) bond motifs is 1. The second-order valence-electron chi connectivity index (χ2n) is 15.7. The Kier molecular flexibility index (Phi) is 38.4. The van der Waals surface area contributed by atoms with E-state index in [0.717, 1.165) is 54.5 Å². The minimum atomic E-state index is -0.833. The molecule has 8 nitrogen and oxygen atoms in total. The number of pyridine rings is 1. The summed E-state index contributed by atoms with van der Waals surface area (Å²) in [7, 11) is 0. The summed E-state index contributed by atoms with van der Waals surface area (Å²) in [4.78, 5) is 29.9. The Morgan fingerprint density at radius 1 is 0.810 bits per heavy atom. The second kappa shape index (κ2) is 39.2. The molecule has 1 aliphatic heterocycles. The van der Waals surface area contributed by atoms with E-state index in [1.165, 1.54) is 140 Å². The summed E-state index contributed by atoms with van der Waals surface area (Å²) in [6.07, 6.45) is 24.9. The van der Waals surface area contributed by atoms with Crippen LogP contribution in [0.4, 0.5) is 0 Å². The number of aliphatic carboxylic acids is 1. The number of rotatable bonds is 14. The summed E-state index contributed by atoms with van der Waals surface area (Å²) in [5.41, 5.74) is 4.55. The summed E-state index contributed by atoms with van der Waals surface area (Å²) in [6, 6.07) is 14.2. The number of carbonyl (C=O) groups is 2. The molecule has 2 aromatic heterocycles. The van der Waals surface area contributed by atoms with Gasteiger partial charge in [0, 0.05) is 32.1 Å². The van der Waals surface area contributed by atoms with Crippen molar-refractivity contribution in [1.82, 2.24) is 19.4 Å². The third-order valence-corrected chi connectivity index (χ3v) is 10.5. The molecular formula is C50H90N4O4. The van der Waals surface area contributed by atoms with Gasteiger partial charge in [0.25, 0.3) is 12.4 Å². The van der Waals surface area contributed by atoms with Crippen LogP contribution in [0, 0.1) is 31.6 Å². The Labute approximate surface area is 357 Å². The number of hydrogen-bond acceptors (Lipinski definition) is 5. The largest absolute Gasteiger partial charge is 0.483 e. The Balaban J connectivity index is 0. The quantitative estimate of drug-likeness (QED) is 0.123. The van der Waals surface area contributed by atoms with Crippen molar-refractivity contribution in [2.45, 2.75) is 198 Å². The lowest BCUT2D eigenvalue weighted by atomic mass is 9.88. The van der Waals surface area contributed by atoms with Gasteiger partial charge in [0.1, 0.15) is 11.3 Å². The maximum Gasteiger partial charge on any atom is 0.300 e. The van der Waals surface area contributed by atoms with Crippen LogP contribution in [0.5, 0.6) is 0 Å². The zero-order valence-electron chi connectivity index (χ0n) is 39.4. The zero-order chi connectivity index (χ0) is 44.0. The fourth-order valence-corrected chi connectivity index (χ4v) is 7.71. The third kappa shape index (κ3) is 28.2. The van der Waals surface area contributed by atoms with Crippen molar-refractivity contribution in [3.8, 4) is 0 Å². The van der Waals surface area contributed by atoms with E-state index < -0.39 is 5.97 Å². The van der Waals surface area contributed by atoms with E-state index >= 15 is 0 Å². The molecule has 5 rings (SSSR count). The maximum atomic E-state index is 9.00. The third-order valence-electron chi connectivity index (χ3n) is 10.5. The molecule has 1 saturated carbocycles. The molecule has 2 fully saturated rings. The number of unbranched alkanes of at least 4 members (excludes halogenated alkanes) is 2. The highest BCUT2D eigenvalue weighted by Gasteiger charge is 2.22. The lowest BCUT2D eigenvalue weighted by Crippen LogP contribution is -2.37. The van der Waals surface area contributed by atoms with Crippen molar-refractivity contribution >= 4 is 23.6 Å². The lowest BCUT2D eigenvalue weighted by molar-refractivity contribution is -0.134. The lowest BCUT2D eigenvalue weighted by Gasteiger charge is -2.34. The molecule has 1 unspecified atom stereocenters. The Morgan fingerprint density at radius 2 is 1.34 bits per heavy atom. The second-order valence-corrected chi connectivity index (χ2v) is 15.7. The van der Waals surface area contributed by atoms with E-state index in [4.69, 9.17) is 29.8 Å². The van der Waals surface area contributed by atoms with Crippen molar-refractivity contribution in [3.05, 3.63) is 59.5 Å². The van der Waals surface area contributed by atoms with E-state index in [1.54, 1.807) is 0 Å². The molecule has 0 bridgehead atoms. The van der Waals surface area contributed by atoms with Gasteiger partial charge in [-0.2, -0.15) is 0 Å². The predicted octanol–water partition coefficient (Wildman–Crippen LogP) is 14.0. The monoisotopic (exact) mass is 811 g/mol. The molecule has 0 spiro atoms. The molecule has 3 heterocycles. The van der Waals surface area contributed by atoms with Gasteiger partial charge >= 0.3 is 0 Å². The van der Waals surface area contributed by atoms with Crippen LogP contribution in [-0.4, -0.2) is 61.7 Å².